The van der Waals surface area contributed by atoms with Crippen LogP contribution in [-0.2, 0) is 6.54 Å². The van der Waals surface area contributed by atoms with Gasteiger partial charge in [-0.15, -0.1) is 12.4 Å². The maximum atomic E-state index is 4.66. The van der Waals surface area contributed by atoms with Crippen LogP contribution in [0.4, 0.5) is 5.95 Å². The first-order valence-corrected chi connectivity index (χ1v) is 10.5. The molecule has 2 aromatic heterocycles. The van der Waals surface area contributed by atoms with Crippen LogP contribution < -0.4 is 4.90 Å². The van der Waals surface area contributed by atoms with Gasteiger partial charge >= 0.3 is 0 Å². The van der Waals surface area contributed by atoms with Crippen molar-refractivity contribution in [2.24, 2.45) is 5.92 Å². The van der Waals surface area contributed by atoms with Crippen LogP contribution in [0.3, 0.4) is 0 Å². The van der Waals surface area contributed by atoms with Gasteiger partial charge in [0.1, 0.15) is 0 Å². The molecule has 3 heterocycles. The number of piperidine rings is 1. The molecule has 0 aromatic carbocycles. The first-order valence-electron chi connectivity index (χ1n) is 10.5. The van der Waals surface area contributed by atoms with Crippen LogP contribution in [0.5, 0.6) is 0 Å². The SMILES string of the molecule is CC1CCCN(c2ncc(-c3cncn3CCN(C)C3CCCC3)cn2)C1.Cl. The molecule has 1 aliphatic heterocycles. The zero-order valence-electron chi connectivity index (χ0n) is 17.1. The van der Waals surface area contributed by atoms with Gasteiger partial charge < -0.3 is 14.4 Å². The third kappa shape index (κ3) is 4.84. The quantitative estimate of drug-likeness (QED) is 0.731. The van der Waals surface area contributed by atoms with E-state index in [1.54, 1.807) is 0 Å². The van der Waals surface area contributed by atoms with Crippen molar-refractivity contribution < 1.29 is 0 Å². The fourth-order valence-electron chi connectivity index (χ4n) is 4.52. The van der Waals surface area contributed by atoms with Crippen LogP contribution in [-0.4, -0.2) is 57.1 Å². The average molecular weight is 405 g/mol. The minimum Gasteiger partial charge on any atom is -0.341 e. The van der Waals surface area contributed by atoms with Gasteiger partial charge in [0.25, 0.3) is 0 Å². The summed E-state index contributed by atoms with van der Waals surface area (Å²) in [6.07, 6.45) is 15.8. The Morgan fingerprint density at radius 1 is 1.07 bits per heavy atom. The normalized spacial score (nSPS) is 20.5. The van der Waals surface area contributed by atoms with Crippen molar-refractivity contribution in [3.63, 3.8) is 0 Å². The Labute approximate surface area is 174 Å². The summed E-state index contributed by atoms with van der Waals surface area (Å²) in [6.45, 7) is 6.44. The molecule has 0 radical (unpaired) electrons. The number of hydrogen-bond donors (Lipinski definition) is 0. The molecule has 1 atom stereocenters. The van der Waals surface area contributed by atoms with Crippen molar-refractivity contribution in [3.8, 4) is 11.3 Å². The number of hydrogen-bond acceptors (Lipinski definition) is 5. The topological polar surface area (TPSA) is 50.1 Å². The van der Waals surface area contributed by atoms with Gasteiger partial charge in [0.2, 0.25) is 5.95 Å². The molecule has 1 saturated carbocycles. The van der Waals surface area contributed by atoms with Crippen LogP contribution in [0.15, 0.2) is 24.9 Å². The molecule has 154 valence electrons. The zero-order chi connectivity index (χ0) is 18.6. The Morgan fingerprint density at radius 2 is 1.82 bits per heavy atom. The molecule has 2 fully saturated rings. The molecule has 1 unspecified atom stereocenters. The lowest BCUT2D eigenvalue weighted by atomic mass is 10.0. The second-order valence-corrected chi connectivity index (χ2v) is 8.36. The third-order valence-corrected chi connectivity index (χ3v) is 6.23. The molecule has 28 heavy (non-hydrogen) atoms. The van der Waals surface area contributed by atoms with Gasteiger partial charge in [-0.25, -0.2) is 15.0 Å². The van der Waals surface area contributed by atoms with Gasteiger partial charge in [0, 0.05) is 50.2 Å². The summed E-state index contributed by atoms with van der Waals surface area (Å²) in [4.78, 5) is 18.5. The molecule has 4 rings (SSSR count). The lowest BCUT2D eigenvalue weighted by Crippen LogP contribution is -2.35. The molecule has 0 amide bonds. The monoisotopic (exact) mass is 404 g/mol. The van der Waals surface area contributed by atoms with E-state index < -0.39 is 0 Å². The largest absolute Gasteiger partial charge is 0.341 e. The first kappa shape index (κ1) is 21.1. The van der Waals surface area contributed by atoms with Gasteiger partial charge in [-0.1, -0.05) is 19.8 Å². The maximum Gasteiger partial charge on any atom is 0.225 e. The fraction of sp³-hybridized carbons (Fsp3) is 0.667. The van der Waals surface area contributed by atoms with E-state index in [9.17, 15) is 0 Å². The van der Waals surface area contributed by atoms with Crippen molar-refractivity contribution in [2.45, 2.75) is 58.0 Å². The molecule has 0 spiro atoms. The highest BCUT2D eigenvalue weighted by Gasteiger charge is 2.20. The van der Waals surface area contributed by atoms with E-state index in [1.165, 1.54) is 38.5 Å². The summed E-state index contributed by atoms with van der Waals surface area (Å²) in [7, 11) is 2.25. The van der Waals surface area contributed by atoms with E-state index >= 15 is 0 Å². The Balaban J connectivity index is 0.00000225. The van der Waals surface area contributed by atoms with Crippen LogP contribution in [0.2, 0.25) is 0 Å². The molecule has 0 N–H and O–H groups in total. The molecule has 1 saturated heterocycles. The number of aromatic nitrogens is 4. The molecule has 6 nitrogen and oxygen atoms in total. The predicted molar refractivity (Wildman–Crippen MR) is 116 cm³/mol. The zero-order valence-corrected chi connectivity index (χ0v) is 17.9. The maximum absolute atomic E-state index is 4.66. The minimum absolute atomic E-state index is 0. The molecular weight excluding hydrogens is 372 g/mol. The number of rotatable bonds is 6. The number of nitrogens with zero attached hydrogens (tertiary/aromatic N) is 6. The number of imidazole rings is 1. The fourth-order valence-corrected chi connectivity index (χ4v) is 4.52. The van der Waals surface area contributed by atoms with E-state index in [0.29, 0.717) is 0 Å². The van der Waals surface area contributed by atoms with Crippen LogP contribution in [0.1, 0.15) is 45.4 Å². The smallest absolute Gasteiger partial charge is 0.225 e. The summed E-state index contributed by atoms with van der Waals surface area (Å²) >= 11 is 0. The van der Waals surface area contributed by atoms with Crippen molar-refractivity contribution >= 4 is 18.4 Å². The van der Waals surface area contributed by atoms with Crippen LogP contribution >= 0.6 is 12.4 Å². The first-order chi connectivity index (χ1) is 13.2. The van der Waals surface area contributed by atoms with Crippen molar-refractivity contribution in [1.29, 1.82) is 0 Å². The molecule has 1 aliphatic carbocycles. The highest BCUT2D eigenvalue weighted by molar-refractivity contribution is 5.85. The van der Waals surface area contributed by atoms with E-state index in [4.69, 9.17) is 0 Å². The van der Waals surface area contributed by atoms with Crippen molar-refractivity contribution in [3.05, 3.63) is 24.9 Å². The highest BCUT2D eigenvalue weighted by Crippen LogP contribution is 2.24. The Morgan fingerprint density at radius 3 is 2.54 bits per heavy atom. The van der Waals surface area contributed by atoms with Gasteiger partial charge in [-0.3, -0.25) is 0 Å². The number of anilines is 1. The Hall–Kier alpha value is -1.66. The summed E-state index contributed by atoms with van der Waals surface area (Å²) < 4.78 is 2.23. The van der Waals surface area contributed by atoms with Crippen molar-refractivity contribution in [1.82, 2.24) is 24.4 Å². The van der Waals surface area contributed by atoms with Crippen molar-refractivity contribution in [2.75, 3.05) is 31.6 Å². The van der Waals surface area contributed by atoms with E-state index in [2.05, 4.69) is 43.3 Å². The van der Waals surface area contributed by atoms with E-state index in [-0.39, 0.29) is 12.4 Å². The summed E-state index contributed by atoms with van der Waals surface area (Å²) in [5.74, 6) is 1.58. The third-order valence-electron chi connectivity index (χ3n) is 6.23. The summed E-state index contributed by atoms with van der Waals surface area (Å²) in [6, 6.07) is 0.756. The second-order valence-electron chi connectivity index (χ2n) is 8.36. The number of likely N-dealkylation sites (N-methyl/N-ethyl adjacent to an activating group) is 1. The summed E-state index contributed by atoms with van der Waals surface area (Å²) in [5, 5.41) is 0. The molecule has 0 bridgehead atoms. The van der Waals surface area contributed by atoms with Gasteiger partial charge in [-0.2, -0.15) is 0 Å². The van der Waals surface area contributed by atoms with Crippen LogP contribution in [0, 0.1) is 5.92 Å². The van der Waals surface area contributed by atoms with Crippen LogP contribution in [0.25, 0.3) is 11.3 Å². The molecular formula is C21H33ClN6. The average Bonchev–Trinajstić information content (AvgIpc) is 3.38. The lowest BCUT2D eigenvalue weighted by molar-refractivity contribution is 0.237. The standard InChI is InChI=1S/C21H32N6.ClH/c1-17-6-5-9-26(15-17)21-23-12-18(13-24-21)20-14-22-16-27(20)11-10-25(2)19-7-3-4-8-19;/h12-14,16-17,19H,3-11,15H2,1-2H3;1H. The van der Waals surface area contributed by atoms with E-state index in [0.717, 1.165) is 55.3 Å². The predicted octanol–water partition coefficient (Wildman–Crippen LogP) is 3.87. The number of halogens is 1. The Kier molecular flexibility index (Phi) is 7.30. The Bertz CT molecular complexity index is 725. The van der Waals surface area contributed by atoms with Gasteiger partial charge in [0.05, 0.1) is 18.2 Å². The van der Waals surface area contributed by atoms with Gasteiger partial charge in [-0.05, 0) is 38.6 Å². The lowest BCUT2D eigenvalue weighted by Gasteiger charge is -2.30. The minimum atomic E-state index is 0. The van der Waals surface area contributed by atoms with Gasteiger partial charge in [0.15, 0.2) is 0 Å². The van der Waals surface area contributed by atoms with E-state index in [1.807, 2.05) is 24.9 Å². The summed E-state index contributed by atoms with van der Waals surface area (Å²) in [5.41, 5.74) is 2.15. The molecule has 2 aromatic rings. The molecule has 7 heteroatoms. The highest BCUT2D eigenvalue weighted by atomic mass is 35.5. The molecule has 2 aliphatic rings. The second kappa shape index (κ2) is 9.70.